The summed E-state index contributed by atoms with van der Waals surface area (Å²) in [6, 6.07) is 8.42. The summed E-state index contributed by atoms with van der Waals surface area (Å²) in [6.07, 6.45) is 1.09. The first kappa shape index (κ1) is 15.4. The van der Waals surface area contributed by atoms with Gasteiger partial charge in [0.2, 0.25) is 0 Å². The van der Waals surface area contributed by atoms with E-state index in [0.29, 0.717) is 0 Å². The summed E-state index contributed by atoms with van der Waals surface area (Å²) in [5, 5.41) is 0. The van der Waals surface area contributed by atoms with E-state index >= 15 is 0 Å². The van der Waals surface area contributed by atoms with Crippen LogP contribution in [0.4, 0.5) is 0 Å². The molecule has 0 aliphatic heterocycles. The van der Waals surface area contributed by atoms with Gasteiger partial charge in [0.05, 0.1) is 6.61 Å². The normalized spacial score (nSPS) is 11.6. The molecule has 0 aliphatic carbocycles. The molecule has 1 aromatic carbocycles. The molecule has 0 atom stereocenters. The Morgan fingerprint density at radius 3 is 2.33 bits per heavy atom. The Labute approximate surface area is 115 Å². The summed E-state index contributed by atoms with van der Waals surface area (Å²) in [5.74, 6) is 3.12. The van der Waals surface area contributed by atoms with Gasteiger partial charge in [0, 0.05) is 5.75 Å². The summed E-state index contributed by atoms with van der Waals surface area (Å²) < 4.78 is 5.70. The Hall–Kier alpha value is -0.670. The molecule has 1 rings (SSSR count). The zero-order chi connectivity index (χ0) is 13.4. The largest absolute Gasteiger partial charge is 0.493 e. The Kier molecular flexibility index (Phi) is 6.58. The smallest absolute Gasteiger partial charge is 0.119 e. The predicted molar refractivity (Wildman–Crippen MR) is 81.6 cm³/mol. The van der Waals surface area contributed by atoms with Crippen LogP contribution in [0.1, 0.15) is 32.8 Å². The number of nitrogens with two attached hydrogens (primary N) is 1. The van der Waals surface area contributed by atoms with Crippen molar-refractivity contribution in [1.82, 2.24) is 0 Å². The molecule has 2 nitrogen and oxygen atoms in total. The maximum absolute atomic E-state index is 5.70. The van der Waals surface area contributed by atoms with Crippen molar-refractivity contribution in [2.24, 2.45) is 5.73 Å². The van der Waals surface area contributed by atoms with Crippen LogP contribution >= 0.6 is 11.8 Å². The van der Waals surface area contributed by atoms with E-state index in [1.807, 2.05) is 11.8 Å². The summed E-state index contributed by atoms with van der Waals surface area (Å²) in [6.45, 7) is 8.21. The fourth-order valence-corrected chi connectivity index (χ4v) is 2.33. The first-order chi connectivity index (χ1) is 8.54. The lowest BCUT2D eigenvalue weighted by molar-refractivity contribution is 0.343. The van der Waals surface area contributed by atoms with Gasteiger partial charge in [-0.15, -0.1) is 0 Å². The highest BCUT2D eigenvalue weighted by Gasteiger charge is 2.12. The number of hydrogen-bond donors (Lipinski definition) is 1. The summed E-state index contributed by atoms with van der Waals surface area (Å²) >= 11 is 1.90. The van der Waals surface area contributed by atoms with Crippen molar-refractivity contribution in [1.29, 1.82) is 0 Å². The van der Waals surface area contributed by atoms with Crippen LogP contribution in [0, 0.1) is 0 Å². The molecule has 3 heteroatoms. The fourth-order valence-electron chi connectivity index (χ4n) is 1.56. The van der Waals surface area contributed by atoms with Crippen LogP contribution in [0.15, 0.2) is 24.3 Å². The fraction of sp³-hybridized carbons (Fsp3) is 0.600. The lowest BCUT2D eigenvalue weighted by Crippen LogP contribution is -2.10. The number of hydrogen-bond acceptors (Lipinski definition) is 3. The number of rotatable bonds is 7. The van der Waals surface area contributed by atoms with E-state index in [9.17, 15) is 0 Å². The highest BCUT2D eigenvalue weighted by atomic mass is 32.2. The van der Waals surface area contributed by atoms with Crippen LogP contribution in [0.3, 0.4) is 0 Å². The van der Waals surface area contributed by atoms with Gasteiger partial charge in [-0.1, -0.05) is 32.9 Å². The average molecular weight is 267 g/mol. The van der Waals surface area contributed by atoms with E-state index in [0.717, 1.165) is 36.8 Å². The monoisotopic (exact) mass is 267 g/mol. The van der Waals surface area contributed by atoms with Gasteiger partial charge in [-0.25, -0.2) is 0 Å². The van der Waals surface area contributed by atoms with Crippen molar-refractivity contribution in [3.63, 3.8) is 0 Å². The number of benzene rings is 1. The van der Waals surface area contributed by atoms with Crippen molar-refractivity contribution >= 4 is 11.8 Å². The van der Waals surface area contributed by atoms with Crippen LogP contribution in [0.25, 0.3) is 0 Å². The van der Waals surface area contributed by atoms with Gasteiger partial charge in [0.1, 0.15) is 5.75 Å². The molecule has 0 unspecified atom stereocenters. The Morgan fingerprint density at radius 1 is 1.11 bits per heavy atom. The lowest BCUT2D eigenvalue weighted by Gasteiger charge is -2.19. The molecule has 0 aliphatic rings. The molecule has 0 saturated carbocycles. The zero-order valence-electron chi connectivity index (χ0n) is 11.7. The summed E-state index contributed by atoms with van der Waals surface area (Å²) in [7, 11) is 0. The maximum Gasteiger partial charge on any atom is 0.119 e. The van der Waals surface area contributed by atoms with Gasteiger partial charge in [0.25, 0.3) is 0 Å². The maximum atomic E-state index is 5.70. The zero-order valence-corrected chi connectivity index (χ0v) is 12.6. The summed E-state index contributed by atoms with van der Waals surface area (Å²) in [5.41, 5.74) is 6.98. The molecule has 0 fully saturated rings. The van der Waals surface area contributed by atoms with Crippen molar-refractivity contribution in [2.75, 3.05) is 24.7 Å². The van der Waals surface area contributed by atoms with Crippen molar-refractivity contribution in [3.05, 3.63) is 29.8 Å². The highest BCUT2D eigenvalue weighted by molar-refractivity contribution is 7.99. The second kappa shape index (κ2) is 7.70. The third-order valence-electron chi connectivity index (χ3n) is 2.71. The first-order valence-electron chi connectivity index (χ1n) is 6.55. The molecule has 0 heterocycles. The van der Waals surface area contributed by atoms with Gasteiger partial charge < -0.3 is 10.5 Å². The molecule has 0 bridgehead atoms. The van der Waals surface area contributed by atoms with Crippen LogP contribution in [-0.4, -0.2) is 24.7 Å². The SMILES string of the molecule is CC(C)(C)c1ccc(OCCSCCCN)cc1. The van der Waals surface area contributed by atoms with E-state index < -0.39 is 0 Å². The third-order valence-corrected chi connectivity index (χ3v) is 3.74. The van der Waals surface area contributed by atoms with E-state index in [2.05, 4.69) is 45.0 Å². The predicted octanol–water partition coefficient (Wildman–Crippen LogP) is 3.44. The molecule has 0 amide bonds. The number of ether oxygens (including phenoxy) is 1. The summed E-state index contributed by atoms with van der Waals surface area (Å²) in [4.78, 5) is 0. The minimum atomic E-state index is 0.205. The van der Waals surface area contributed by atoms with Gasteiger partial charge in [-0.05, 0) is 41.8 Å². The van der Waals surface area contributed by atoms with Crippen LogP contribution in [-0.2, 0) is 5.41 Å². The molecular formula is C15H25NOS. The van der Waals surface area contributed by atoms with E-state index in [1.54, 1.807) is 0 Å². The van der Waals surface area contributed by atoms with Gasteiger partial charge in [0.15, 0.2) is 0 Å². The van der Waals surface area contributed by atoms with Gasteiger partial charge >= 0.3 is 0 Å². The molecule has 0 spiro atoms. The molecule has 102 valence electrons. The second-order valence-electron chi connectivity index (χ2n) is 5.38. The standard InChI is InChI=1S/C15H25NOS/c1-15(2,3)13-5-7-14(8-6-13)17-10-12-18-11-4-9-16/h5-8H,4,9-12,16H2,1-3H3. The van der Waals surface area contributed by atoms with Crippen LogP contribution in [0.2, 0.25) is 0 Å². The molecule has 18 heavy (non-hydrogen) atoms. The van der Waals surface area contributed by atoms with Crippen molar-refractivity contribution < 1.29 is 4.74 Å². The van der Waals surface area contributed by atoms with Gasteiger partial charge in [-0.3, -0.25) is 0 Å². The second-order valence-corrected chi connectivity index (χ2v) is 6.60. The minimum absolute atomic E-state index is 0.205. The lowest BCUT2D eigenvalue weighted by atomic mass is 9.87. The Balaban J connectivity index is 2.27. The minimum Gasteiger partial charge on any atom is -0.493 e. The van der Waals surface area contributed by atoms with Gasteiger partial charge in [-0.2, -0.15) is 11.8 Å². The highest BCUT2D eigenvalue weighted by Crippen LogP contribution is 2.24. The quantitative estimate of drug-likeness (QED) is 0.769. The molecule has 0 saturated heterocycles. The topological polar surface area (TPSA) is 35.2 Å². The van der Waals surface area contributed by atoms with Crippen molar-refractivity contribution in [3.8, 4) is 5.75 Å². The molecule has 0 aromatic heterocycles. The first-order valence-corrected chi connectivity index (χ1v) is 7.70. The van der Waals surface area contributed by atoms with E-state index in [4.69, 9.17) is 10.5 Å². The average Bonchev–Trinajstić information content (AvgIpc) is 2.33. The molecule has 1 aromatic rings. The van der Waals surface area contributed by atoms with Crippen LogP contribution in [0.5, 0.6) is 5.75 Å². The molecule has 0 radical (unpaired) electrons. The van der Waals surface area contributed by atoms with Crippen molar-refractivity contribution in [2.45, 2.75) is 32.6 Å². The molecular weight excluding hydrogens is 242 g/mol. The Bertz CT molecular complexity index is 329. The number of thioether (sulfide) groups is 1. The third kappa shape index (κ3) is 5.78. The van der Waals surface area contributed by atoms with E-state index in [1.165, 1.54) is 5.56 Å². The van der Waals surface area contributed by atoms with Crippen LogP contribution < -0.4 is 10.5 Å². The Morgan fingerprint density at radius 2 is 1.78 bits per heavy atom. The molecule has 2 N–H and O–H groups in total. The van der Waals surface area contributed by atoms with E-state index in [-0.39, 0.29) is 5.41 Å².